The third-order valence-electron chi connectivity index (χ3n) is 6.07. The van der Waals surface area contributed by atoms with Crippen LogP contribution in [0.5, 0.6) is 0 Å². The molecule has 3 aliphatic carbocycles. The van der Waals surface area contributed by atoms with Crippen LogP contribution in [0.15, 0.2) is 29.8 Å². The van der Waals surface area contributed by atoms with Crippen molar-refractivity contribution in [3.8, 4) is 0 Å². The first-order chi connectivity index (χ1) is 10.5. The van der Waals surface area contributed by atoms with E-state index in [9.17, 15) is 13.2 Å². The molecule has 118 valence electrons. The largest absolute Gasteiger partial charge is 0.416 e. The maximum absolute atomic E-state index is 12.8. The molecule has 1 spiro atoms. The Hall–Kier alpha value is -1.25. The maximum atomic E-state index is 12.8. The van der Waals surface area contributed by atoms with Gasteiger partial charge >= 0.3 is 6.18 Å². The van der Waals surface area contributed by atoms with Gasteiger partial charge in [-0.2, -0.15) is 13.2 Å². The summed E-state index contributed by atoms with van der Waals surface area (Å²) in [5.74, 6) is 0.582. The molecule has 3 aliphatic rings. The fraction of sp³-hybridized carbons (Fsp3) is 0.579. The van der Waals surface area contributed by atoms with Crippen molar-refractivity contribution in [2.75, 3.05) is 0 Å². The number of rotatable bonds is 1. The number of allylic oxidation sites excluding steroid dienone is 2. The van der Waals surface area contributed by atoms with Crippen LogP contribution in [-0.2, 0) is 6.18 Å². The van der Waals surface area contributed by atoms with Crippen molar-refractivity contribution in [2.45, 2.75) is 57.5 Å². The second kappa shape index (κ2) is 4.87. The Balaban J connectivity index is 1.76. The van der Waals surface area contributed by atoms with Gasteiger partial charge in [-0.15, -0.1) is 0 Å². The molecule has 0 aromatic heterocycles. The molecule has 0 heterocycles. The first-order valence-electron chi connectivity index (χ1n) is 8.41. The van der Waals surface area contributed by atoms with E-state index < -0.39 is 11.7 Å². The molecule has 0 unspecified atom stereocenters. The van der Waals surface area contributed by atoms with Gasteiger partial charge in [0.15, 0.2) is 0 Å². The summed E-state index contributed by atoms with van der Waals surface area (Å²) in [5.41, 5.74) is 3.91. The topological polar surface area (TPSA) is 0 Å². The molecule has 0 amide bonds. The predicted molar refractivity (Wildman–Crippen MR) is 81.2 cm³/mol. The van der Waals surface area contributed by atoms with Crippen LogP contribution in [0.3, 0.4) is 0 Å². The summed E-state index contributed by atoms with van der Waals surface area (Å²) in [4.78, 5) is 0. The van der Waals surface area contributed by atoms with Crippen LogP contribution in [0.25, 0.3) is 5.57 Å². The Labute approximate surface area is 129 Å². The molecule has 3 heteroatoms. The number of hydrogen-bond donors (Lipinski definition) is 0. The van der Waals surface area contributed by atoms with Gasteiger partial charge in [0, 0.05) is 0 Å². The van der Waals surface area contributed by atoms with E-state index in [1.165, 1.54) is 62.7 Å². The minimum Gasteiger partial charge on any atom is -0.166 e. The highest BCUT2D eigenvalue weighted by molar-refractivity contribution is 5.75. The molecule has 0 saturated heterocycles. The highest BCUT2D eigenvalue weighted by atomic mass is 19.4. The van der Waals surface area contributed by atoms with Gasteiger partial charge in [0.2, 0.25) is 0 Å². The van der Waals surface area contributed by atoms with E-state index in [1.54, 1.807) is 17.7 Å². The van der Waals surface area contributed by atoms with Crippen molar-refractivity contribution in [1.82, 2.24) is 0 Å². The van der Waals surface area contributed by atoms with Crippen LogP contribution in [0.2, 0.25) is 0 Å². The van der Waals surface area contributed by atoms with Gasteiger partial charge in [-0.1, -0.05) is 30.5 Å². The molecule has 2 fully saturated rings. The summed E-state index contributed by atoms with van der Waals surface area (Å²) in [6, 6.07) is 5.91. The summed E-state index contributed by atoms with van der Waals surface area (Å²) in [6.45, 7) is 0. The van der Waals surface area contributed by atoms with E-state index in [0.29, 0.717) is 11.3 Å². The van der Waals surface area contributed by atoms with E-state index in [2.05, 4.69) is 0 Å². The van der Waals surface area contributed by atoms with E-state index in [1.807, 2.05) is 0 Å². The summed E-state index contributed by atoms with van der Waals surface area (Å²) in [7, 11) is 0. The van der Waals surface area contributed by atoms with E-state index in [0.717, 1.165) is 12.0 Å². The Morgan fingerprint density at radius 1 is 0.955 bits per heavy atom. The molecule has 2 bridgehead atoms. The lowest BCUT2D eigenvalue weighted by Gasteiger charge is -2.39. The Bertz CT molecular complexity index is 605. The van der Waals surface area contributed by atoms with Crippen LogP contribution in [0, 0.1) is 11.3 Å². The Morgan fingerprint density at radius 2 is 1.68 bits per heavy atom. The molecule has 0 N–H and O–H groups in total. The van der Waals surface area contributed by atoms with Crippen LogP contribution in [-0.4, -0.2) is 0 Å². The average Bonchev–Trinajstić information content (AvgIpc) is 2.72. The molecule has 2 atom stereocenters. The lowest BCUT2D eigenvalue weighted by molar-refractivity contribution is -0.137. The number of benzene rings is 1. The van der Waals surface area contributed by atoms with Crippen molar-refractivity contribution in [3.05, 3.63) is 41.0 Å². The third kappa shape index (κ3) is 2.12. The zero-order chi connectivity index (χ0) is 15.4. The smallest absolute Gasteiger partial charge is 0.166 e. The van der Waals surface area contributed by atoms with Gasteiger partial charge < -0.3 is 0 Å². The van der Waals surface area contributed by atoms with Crippen molar-refractivity contribution in [3.63, 3.8) is 0 Å². The van der Waals surface area contributed by atoms with Crippen molar-refractivity contribution >= 4 is 5.57 Å². The number of hydrogen-bond acceptors (Lipinski definition) is 0. The molecule has 0 nitrogen and oxygen atoms in total. The van der Waals surface area contributed by atoms with E-state index in [-0.39, 0.29) is 0 Å². The van der Waals surface area contributed by atoms with Gasteiger partial charge in [0.1, 0.15) is 0 Å². The second-order valence-electron chi connectivity index (χ2n) is 7.25. The van der Waals surface area contributed by atoms with Gasteiger partial charge in [-0.3, -0.25) is 0 Å². The third-order valence-corrected chi connectivity index (χ3v) is 6.07. The Morgan fingerprint density at radius 3 is 2.41 bits per heavy atom. The number of halogens is 3. The lowest BCUT2D eigenvalue weighted by Crippen LogP contribution is -2.27. The van der Waals surface area contributed by atoms with Gasteiger partial charge in [0.25, 0.3) is 0 Å². The standard InChI is InChI=1S/C19H21F3/c20-19(21,22)15-8-6-13(7-9-15)17-14-4-3-11-18(12-14)10-2-1-5-16(17)18/h6-9,14H,1-5,10-12H2/t14-,18+/m0/s1. The predicted octanol–water partition coefficient (Wildman–Crippen LogP) is 6.22. The highest BCUT2D eigenvalue weighted by Crippen LogP contribution is 2.62. The van der Waals surface area contributed by atoms with Crippen LogP contribution >= 0.6 is 0 Å². The van der Waals surface area contributed by atoms with E-state index >= 15 is 0 Å². The van der Waals surface area contributed by atoms with Crippen LogP contribution in [0.1, 0.15) is 62.5 Å². The Kier molecular flexibility index (Phi) is 3.18. The van der Waals surface area contributed by atoms with Crippen LogP contribution in [0.4, 0.5) is 13.2 Å². The maximum Gasteiger partial charge on any atom is 0.416 e. The van der Waals surface area contributed by atoms with Crippen molar-refractivity contribution in [1.29, 1.82) is 0 Å². The fourth-order valence-corrected chi connectivity index (χ4v) is 5.21. The minimum absolute atomic E-state index is 0.402. The normalized spacial score (nSPS) is 31.3. The first-order valence-corrected chi connectivity index (χ1v) is 8.41. The molecular weight excluding hydrogens is 285 g/mol. The summed E-state index contributed by atoms with van der Waals surface area (Å²) in [5, 5.41) is 0. The van der Waals surface area contributed by atoms with E-state index in [4.69, 9.17) is 0 Å². The van der Waals surface area contributed by atoms with Gasteiger partial charge in [-0.25, -0.2) is 0 Å². The first kappa shape index (κ1) is 14.3. The highest BCUT2D eigenvalue weighted by Gasteiger charge is 2.48. The lowest BCUT2D eigenvalue weighted by atomic mass is 9.65. The van der Waals surface area contributed by atoms with Gasteiger partial charge in [0.05, 0.1) is 5.56 Å². The molecule has 22 heavy (non-hydrogen) atoms. The zero-order valence-electron chi connectivity index (χ0n) is 12.7. The quantitative estimate of drug-likeness (QED) is 0.577. The number of fused-ring (bicyclic) bond motifs is 1. The molecule has 1 aromatic carbocycles. The van der Waals surface area contributed by atoms with Crippen molar-refractivity contribution < 1.29 is 13.2 Å². The zero-order valence-corrected chi connectivity index (χ0v) is 12.7. The van der Waals surface area contributed by atoms with Crippen molar-refractivity contribution in [2.24, 2.45) is 11.3 Å². The SMILES string of the molecule is FC(F)(F)c1ccc(C2=C3CCCC[C@]34CCC[C@H]2C4)cc1. The summed E-state index contributed by atoms with van der Waals surface area (Å²) in [6.07, 6.45) is 5.80. The fourth-order valence-electron chi connectivity index (χ4n) is 5.21. The molecule has 0 aliphatic heterocycles. The molecule has 0 radical (unpaired) electrons. The molecule has 1 aromatic rings. The number of alkyl halides is 3. The average molecular weight is 306 g/mol. The van der Waals surface area contributed by atoms with Crippen LogP contribution < -0.4 is 0 Å². The second-order valence-corrected chi connectivity index (χ2v) is 7.25. The molecule has 4 rings (SSSR count). The monoisotopic (exact) mass is 306 g/mol. The molecular formula is C19H21F3. The molecule has 2 saturated carbocycles. The van der Waals surface area contributed by atoms with Gasteiger partial charge in [-0.05, 0) is 73.1 Å². The summed E-state index contributed by atoms with van der Waals surface area (Å²) < 4.78 is 38.3. The minimum atomic E-state index is -4.24. The summed E-state index contributed by atoms with van der Waals surface area (Å²) >= 11 is 0.